The molecule has 1 aliphatic rings. The Bertz CT molecular complexity index is 582. The first-order valence-corrected chi connectivity index (χ1v) is 8.23. The number of nitrogens with zero attached hydrogens (tertiary/aromatic N) is 1. The van der Waals surface area contributed by atoms with Gasteiger partial charge in [0.1, 0.15) is 0 Å². The van der Waals surface area contributed by atoms with Crippen LogP contribution in [0.2, 0.25) is 0 Å². The lowest BCUT2D eigenvalue weighted by Crippen LogP contribution is -2.40. The van der Waals surface area contributed by atoms with Gasteiger partial charge in [0.05, 0.1) is 12.5 Å². The zero-order valence-corrected chi connectivity index (χ0v) is 15.4. The van der Waals surface area contributed by atoms with Crippen LogP contribution in [0.1, 0.15) is 43.7 Å². The summed E-state index contributed by atoms with van der Waals surface area (Å²) >= 11 is 0. The number of rotatable bonds is 5. The summed E-state index contributed by atoms with van der Waals surface area (Å²) in [4.78, 5) is 25.3. The molecule has 1 fully saturated rings. The molecule has 134 valence electrons. The van der Waals surface area contributed by atoms with Gasteiger partial charge in [0.2, 0.25) is 5.91 Å². The van der Waals surface area contributed by atoms with Crippen LogP contribution in [0.4, 0.5) is 5.69 Å². The van der Waals surface area contributed by atoms with Gasteiger partial charge in [-0.2, -0.15) is 0 Å². The molecule has 1 aliphatic heterocycles. The van der Waals surface area contributed by atoms with Crippen LogP contribution in [0.25, 0.3) is 0 Å². The standard InChI is InChI=1S/C18H26N2O3.ClH/c1-12(2)15-6-4-5-13(3)17(15)19-16(21)11-20-9-7-14(8-10-20)18(22)23;/h4-6,12,14H,7-11H2,1-3H3,(H,19,21)(H,22,23);1H. The number of anilines is 1. The number of amides is 1. The van der Waals surface area contributed by atoms with Crippen molar-refractivity contribution in [2.45, 2.75) is 39.5 Å². The molecule has 2 N–H and O–H groups in total. The number of carbonyl (C=O) groups excluding carboxylic acids is 1. The van der Waals surface area contributed by atoms with E-state index in [0.717, 1.165) is 16.8 Å². The summed E-state index contributed by atoms with van der Waals surface area (Å²) in [6, 6.07) is 6.06. The van der Waals surface area contributed by atoms with E-state index >= 15 is 0 Å². The van der Waals surface area contributed by atoms with E-state index in [1.165, 1.54) is 0 Å². The van der Waals surface area contributed by atoms with Gasteiger partial charge >= 0.3 is 5.97 Å². The predicted octanol–water partition coefficient (Wildman–Crippen LogP) is 3.28. The highest BCUT2D eigenvalue weighted by atomic mass is 35.5. The Balaban J connectivity index is 0.00000288. The number of piperidine rings is 1. The lowest BCUT2D eigenvalue weighted by atomic mass is 9.97. The molecule has 0 saturated carbocycles. The van der Waals surface area contributed by atoms with Crippen LogP contribution >= 0.6 is 12.4 Å². The molecule has 2 rings (SSSR count). The molecule has 0 unspecified atom stereocenters. The molecule has 24 heavy (non-hydrogen) atoms. The van der Waals surface area contributed by atoms with Crippen LogP contribution in [0.5, 0.6) is 0 Å². The van der Waals surface area contributed by atoms with E-state index < -0.39 is 5.97 Å². The van der Waals surface area contributed by atoms with E-state index in [1.807, 2.05) is 30.0 Å². The predicted molar refractivity (Wildman–Crippen MR) is 97.9 cm³/mol. The van der Waals surface area contributed by atoms with Crippen LogP contribution in [-0.4, -0.2) is 41.5 Å². The number of likely N-dealkylation sites (tertiary alicyclic amines) is 1. The third kappa shape index (κ3) is 5.21. The first-order valence-electron chi connectivity index (χ1n) is 8.23. The van der Waals surface area contributed by atoms with Crippen LogP contribution in [-0.2, 0) is 9.59 Å². The van der Waals surface area contributed by atoms with Crippen molar-refractivity contribution in [3.8, 4) is 0 Å². The number of carboxylic acid groups (broad SMARTS) is 1. The summed E-state index contributed by atoms with van der Waals surface area (Å²) < 4.78 is 0. The van der Waals surface area contributed by atoms with E-state index in [0.29, 0.717) is 38.4 Å². The fourth-order valence-corrected chi connectivity index (χ4v) is 3.06. The molecule has 0 aliphatic carbocycles. The lowest BCUT2D eigenvalue weighted by molar-refractivity contribution is -0.143. The number of hydrogen-bond donors (Lipinski definition) is 2. The van der Waals surface area contributed by atoms with E-state index in [2.05, 4.69) is 19.2 Å². The van der Waals surface area contributed by atoms with Gasteiger partial charge in [-0.1, -0.05) is 32.0 Å². The molecule has 0 radical (unpaired) electrons. The smallest absolute Gasteiger partial charge is 0.306 e. The van der Waals surface area contributed by atoms with E-state index in [9.17, 15) is 9.59 Å². The Kier molecular flexibility index (Phi) is 7.70. The number of halogens is 1. The Labute approximate surface area is 149 Å². The van der Waals surface area contributed by atoms with Gasteiger partial charge in [0.15, 0.2) is 0 Å². The normalized spacial score (nSPS) is 15.8. The second kappa shape index (κ2) is 9.04. The number of hydrogen-bond acceptors (Lipinski definition) is 3. The van der Waals surface area contributed by atoms with Gasteiger partial charge in [-0.3, -0.25) is 14.5 Å². The number of nitrogens with one attached hydrogen (secondary N) is 1. The van der Waals surface area contributed by atoms with Crippen molar-refractivity contribution in [1.82, 2.24) is 4.90 Å². The number of aryl methyl sites for hydroxylation is 1. The van der Waals surface area contributed by atoms with Crippen LogP contribution < -0.4 is 5.32 Å². The third-order valence-electron chi connectivity index (χ3n) is 4.50. The van der Waals surface area contributed by atoms with E-state index in [-0.39, 0.29) is 24.2 Å². The molecule has 6 heteroatoms. The van der Waals surface area contributed by atoms with Crippen LogP contribution in [0, 0.1) is 12.8 Å². The molecule has 1 aromatic carbocycles. The van der Waals surface area contributed by atoms with Gasteiger partial charge in [-0.05, 0) is 49.9 Å². The van der Waals surface area contributed by atoms with Crippen molar-refractivity contribution in [1.29, 1.82) is 0 Å². The maximum atomic E-state index is 12.4. The highest BCUT2D eigenvalue weighted by Gasteiger charge is 2.25. The van der Waals surface area contributed by atoms with Gasteiger partial charge in [-0.15, -0.1) is 12.4 Å². The fourth-order valence-electron chi connectivity index (χ4n) is 3.06. The van der Waals surface area contributed by atoms with Crippen LogP contribution in [0.3, 0.4) is 0 Å². The quantitative estimate of drug-likeness (QED) is 0.851. The Morgan fingerprint density at radius 3 is 2.46 bits per heavy atom. The van der Waals surface area contributed by atoms with Gasteiger partial charge in [-0.25, -0.2) is 0 Å². The molecule has 0 aromatic heterocycles. The Morgan fingerprint density at radius 1 is 1.29 bits per heavy atom. The Morgan fingerprint density at radius 2 is 1.92 bits per heavy atom. The highest BCUT2D eigenvalue weighted by Crippen LogP contribution is 2.27. The van der Waals surface area contributed by atoms with Crippen molar-refractivity contribution in [3.63, 3.8) is 0 Å². The summed E-state index contributed by atoms with van der Waals surface area (Å²) in [6.45, 7) is 7.87. The molecule has 0 spiro atoms. The van der Waals surface area contributed by atoms with E-state index in [4.69, 9.17) is 5.11 Å². The molecule has 5 nitrogen and oxygen atoms in total. The maximum Gasteiger partial charge on any atom is 0.306 e. The summed E-state index contributed by atoms with van der Waals surface area (Å²) in [5.74, 6) is -0.680. The van der Waals surface area contributed by atoms with Crippen molar-refractivity contribution < 1.29 is 14.7 Å². The molecule has 0 atom stereocenters. The molecule has 1 amide bonds. The van der Waals surface area contributed by atoms with Crippen molar-refractivity contribution >= 4 is 30.0 Å². The minimum atomic E-state index is -0.726. The Hall–Kier alpha value is -1.59. The van der Waals surface area contributed by atoms with Crippen molar-refractivity contribution in [3.05, 3.63) is 29.3 Å². The summed E-state index contributed by atoms with van der Waals surface area (Å²) in [7, 11) is 0. The highest BCUT2D eigenvalue weighted by molar-refractivity contribution is 5.94. The van der Waals surface area contributed by atoms with E-state index in [1.54, 1.807) is 0 Å². The maximum absolute atomic E-state index is 12.4. The van der Waals surface area contributed by atoms with Crippen molar-refractivity contribution in [2.24, 2.45) is 5.92 Å². The fraction of sp³-hybridized carbons (Fsp3) is 0.556. The molecule has 1 heterocycles. The monoisotopic (exact) mass is 354 g/mol. The largest absolute Gasteiger partial charge is 0.481 e. The topological polar surface area (TPSA) is 69.6 Å². The second-order valence-corrected chi connectivity index (χ2v) is 6.63. The van der Waals surface area contributed by atoms with Gasteiger partial charge < -0.3 is 10.4 Å². The average Bonchev–Trinajstić information content (AvgIpc) is 2.49. The van der Waals surface area contributed by atoms with Crippen molar-refractivity contribution in [2.75, 3.05) is 25.0 Å². The minimum absolute atomic E-state index is 0. The van der Waals surface area contributed by atoms with Gasteiger partial charge in [0, 0.05) is 5.69 Å². The second-order valence-electron chi connectivity index (χ2n) is 6.63. The summed E-state index contributed by atoms with van der Waals surface area (Å²) in [5.41, 5.74) is 3.12. The first kappa shape index (κ1) is 20.5. The molecule has 0 bridgehead atoms. The molecule has 1 saturated heterocycles. The zero-order chi connectivity index (χ0) is 17.0. The minimum Gasteiger partial charge on any atom is -0.481 e. The molecular formula is C18H27ClN2O3. The molecule has 1 aromatic rings. The number of carbonyl (C=O) groups is 2. The summed E-state index contributed by atoms with van der Waals surface area (Å²) in [6.07, 6.45) is 1.23. The first-order chi connectivity index (χ1) is 10.9. The number of aliphatic carboxylic acids is 1. The summed E-state index contributed by atoms with van der Waals surface area (Å²) in [5, 5.41) is 12.1. The molecular weight excluding hydrogens is 328 g/mol. The number of carboxylic acids is 1. The average molecular weight is 355 g/mol. The third-order valence-corrected chi connectivity index (χ3v) is 4.50. The van der Waals surface area contributed by atoms with Gasteiger partial charge in [0.25, 0.3) is 0 Å². The number of para-hydroxylation sites is 1. The zero-order valence-electron chi connectivity index (χ0n) is 14.5. The lowest BCUT2D eigenvalue weighted by Gasteiger charge is -2.29. The SMILES string of the molecule is Cc1cccc(C(C)C)c1NC(=O)CN1CCC(C(=O)O)CC1.Cl. The van der Waals surface area contributed by atoms with Crippen LogP contribution in [0.15, 0.2) is 18.2 Å². The number of benzene rings is 1.